The molecule has 3 aromatic rings. The molecular formula is C20H24N6O2. The molecule has 0 radical (unpaired) electrons. The number of amides is 1. The van der Waals surface area contributed by atoms with Crippen molar-refractivity contribution < 1.29 is 4.79 Å². The Morgan fingerprint density at radius 2 is 2.04 bits per heavy atom. The summed E-state index contributed by atoms with van der Waals surface area (Å²) in [6.07, 6.45) is 3.94. The van der Waals surface area contributed by atoms with Crippen LogP contribution in [0.4, 0.5) is 11.5 Å². The number of aryl methyl sites for hydroxylation is 1. The lowest BCUT2D eigenvalue weighted by Crippen LogP contribution is -2.33. The highest BCUT2D eigenvalue weighted by Crippen LogP contribution is 2.21. The lowest BCUT2D eigenvalue weighted by molar-refractivity contribution is -0.117. The molecule has 0 saturated carbocycles. The van der Waals surface area contributed by atoms with Gasteiger partial charge in [-0.05, 0) is 49.4 Å². The minimum atomic E-state index is -0.374. The number of nitrogens with zero attached hydrogens (tertiary/aromatic N) is 5. The lowest BCUT2D eigenvalue weighted by atomic mass is 9.99. The van der Waals surface area contributed by atoms with Gasteiger partial charge in [0.1, 0.15) is 12.4 Å². The van der Waals surface area contributed by atoms with E-state index in [1.807, 2.05) is 37.3 Å². The molecule has 1 aromatic carbocycles. The average Bonchev–Trinajstić information content (AvgIpc) is 2.97. The monoisotopic (exact) mass is 380 g/mol. The fourth-order valence-electron chi connectivity index (χ4n) is 3.47. The topological polar surface area (TPSA) is 84.5 Å². The summed E-state index contributed by atoms with van der Waals surface area (Å²) in [4.78, 5) is 31.6. The number of aromatic nitrogens is 4. The van der Waals surface area contributed by atoms with Crippen LogP contribution in [-0.4, -0.2) is 38.2 Å². The van der Waals surface area contributed by atoms with Gasteiger partial charge in [0.25, 0.3) is 5.78 Å². The largest absolute Gasteiger partial charge is 0.356 e. The fourth-order valence-corrected chi connectivity index (χ4v) is 3.47. The van der Waals surface area contributed by atoms with Gasteiger partial charge >= 0.3 is 5.69 Å². The Morgan fingerprint density at radius 3 is 2.79 bits per heavy atom. The molecule has 0 unspecified atom stereocenters. The molecule has 0 aliphatic carbocycles. The van der Waals surface area contributed by atoms with Crippen molar-refractivity contribution in [1.29, 1.82) is 0 Å². The normalized spacial score (nSPS) is 15.1. The first-order chi connectivity index (χ1) is 13.5. The van der Waals surface area contributed by atoms with Crippen molar-refractivity contribution in [3.63, 3.8) is 0 Å². The van der Waals surface area contributed by atoms with Crippen LogP contribution in [0, 0.1) is 12.8 Å². The van der Waals surface area contributed by atoms with Crippen LogP contribution in [0.2, 0.25) is 0 Å². The van der Waals surface area contributed by atoms with Crippen LogP contribution in [-0.2, 0) is 11.3 Å². The van der Waals surface area contributed by atoms with Crippen LogP contribution in [0.25, 0.3) is 5.78 Å². The zero-order chi connectivity index (χ0) is 19.7. The molecule has 3 heterocycles. The van der Waals surface area contributed by atoms with Crippen molar-refractivity contribution in [2.24, 2.45) is 5.92 Å². The summed E-state index contributed by atoms with van der Waals surface area (Å²) in [5, 5.41) is 7.04. The second-order valence-electron chi connectivity index (χ2n) is 7.48. The second kappa shape index (κ2) is 7.46. The quantitative estimate of drug-likeness (QED) is 0.749. The first-order valence-electron chi connectivity index (χ1n) is 9.57. The maximum Gasteiger partial charge on any atom is 0.352 e. The van der Waals surface area contributed by atoms with Crippen LogP contribution in [0.1, 0.15) is 25.3 Å². The van der Waals surface area contributed by atoms with Crippen LogP contribution in [0.3, 0.4) is 0 Å². The first-order valence-corrected chi connectivity index (χ1v) is 9.57. The Kier molecular flexibility index (Phi) is 4.85. The summed E-state index contributed by atoms with van der Waals surface area (Å²) in [5.74, 6) is 1.56. The van der Waals surface area contributed by atoms with E-state index in [4.69, 9.17) is 0 Å². The van der Waals surface area contributed by atoms with Gasteiger partial charge in [-0.15, -0.1) is 5.10 Å². The summed E-state index contributed by atoms with van der Waals surface area (Å²) in [6.45, 7) is 5.96. The number of benzene rings is 1. The van der Waals surface area contributed by atoms with E-state index < -0.39 is 0 Å². The van der Waals surface area contributed by atoms with Gasteiger partial charge in [-0.25, -0.2) is 13.9 Å². The van der Waals surface area contributed by atoms with E-state index in [1.54, 1.807) is 6.20 Å². The van der Waals surface area contributed by atoms with Crippen LogP contribution < -0.4 is 15.9 Å². The van der Waals surface area contributed by atoms with Gasteiger partial charge in [-0.1, -0.05) is 19.1 Å². The molecule has 0 bridgehead atoms. The molecule has 1 N–H and O–H groups in total. The number of carbonyl (C=O) groups is 1. The van der Waals surface area contributed by atoms with Gasteiger partial charge in [0, 0.05) is 25.0 Å². The first kappa shape index (κ1) is 18.2. The third-order valence-electron chi connectivity index (χ3n) is 5.14. The minimum absolute atomic E-state index is 0.160. The smallest absolute Gasteiger partial charge is 0.352 e. The van der Waals surface area contributed by atoms with Gasteiger partial charge in [-0.2, -0.15) is 4.98 Å². The number of piperidine rings is 1. The van der Waals surface area contributed by atoms with E-state index in [-0.39, 0.29) is 18.1 Å². The molecule has 1 saturated heterocycles. The standard InChI is InChI=1S/C20H24N6O2/c1-14-6-9-24(10-7-14)17-8-11-25-19(22-17)23-26(20(25)28)13-18(27)21-16-5-3-4-15(2)12-16/h3-5,8,11-12,14H,6-7,9-10,13H2,1-2H3,(H,21,27). The number of hydrogen-bond donors (Lipinski definition) is 1. The zero-order valence-electron chi connectivity index (χ0n) is 16.1. The van der Waals surface area contributed by atoms with Gasteiger partial charge in [0.2, 0.25) is 5.91 Å². The maximum absolute atomic E-state index is 12.5. The number of anilines is 2. The van der Waals surface area contributed by atoms with Crippen molar-refractivity contribution in [2.75, 3.05) is 23.3 Å². The summed E-state index contributed by atoms with van der Waals surface area (Å²) >= 11 is 0. The number of carbonyl (C=O) groups excluding carboxylic acids is 1. The van der Waals surface area contributed by atoms with Crippen molar-refractivity contribution in [3.05, 3.63) is 52.6 Å². The predicted octanol–water partition coefficient (Wildman–Crippen LogP) is 2.07. The van der Waals surface area contributed by atoms with Crippen molar-refractivity contribution >= 4 is 23.2 Å². The molecule has 0 atom stereocenters. The molecule has 8 nitrogen and oxygen atoms in total. The summed E-state index contributed by atoms with van der Waals surface area (Å²) in [7, 11) is 0. The Balaban J connectivity index is 1.52. The van der Waals surface area contributed by atoms with E-state index in [2.05, 4.69) is 27.2 Å². The van der Waals surface area contributed by atoms with Gasteiger partial charge in [0.05, 0.1) is 0 Å². The lowest BCUT2D eigenvalue weighted by Gasteiger charge is -2.30. The van der Waals surface area contributed by atoms with Crippen LogP contribution in [0.15, 0.2) is 41.3 Å². The molecule has 2 aromatic heterocycles. The Labute approximate surface area is 162 Å². The number of rotatable bonds is 4. The molecular weight excluding hydrogens is 356 g/mol. The third-order valence-corrected chi connectivity index (χ3v) is 5.14. The van der Waals surface area contributed by atoms with Crippen LogP contribution in [0.5, 0.6) is 0 Å². The summed E-state index contributed by atoms with van der Waals surface area (Å²) in [6, 6.07) is 9.34. The van der Waals surface area contributed by atoms with E-state index >= 15 is 0 Å². The molecule has 1 aliphatic rings. The zero-order valence-corrected chi connectivity index (χ0v) is 16.1. The summed E-state index contributed by atoms with van der Waals surface area (Å²) in [5.41, 5.74) is 1.37. The molecule has 1 amide bonds. The Morgan fingerprint density at radius 1 is 1.25 bits per heavy atom. The molecule has 1 fully saturated rings. The van der Waals surface area contributed by atoms with Gasteiger partial charge in [-0.3, -0.25) is 4.79 Å². The Hall–Kier alpha value is -3.16. The Bertz CT molecular complexity index is 1060. The molecule has 4 rings (SSSR count). The second-order valence-corrected chi connectivity index (χ2v) is 7.48. The predicted molar refractivity (Wildman–Crippen MR) is 108 cm³/mol. The number of fused-ring (bicyclic) bond motifs is 1. The minimum Gasteiger partial charge on any atom is -0.356 e. The van der Waals surface area contributed by atoms with Crippen molar-refractivity contribution in [3.8, 4) is 0 Å². The SMILES string of the molecule is Cc1cccc(NC(=O)Cn2nc3nc(N4CCC(C)CC4)ccn3c2=O)c1. The molecule has 0 spiro atoms. The average molecular weight is 380 g/mol. The molecule has 1 aliphatic heterocycles. The van der Waals surface area contributed by atoms with Gasteiger partial charge in [0.15, 0.2) is 0 Å². The van der Waals surface area contributed by atoms with E-state index in [1.165, 1.54) is 4.40 Å². The van der Waals surface area contributed by atoms with Gasteiger partial charge < -0.3 is 10.2 Å². The highest BCUT2D eigenvalue weighted by atomic mass is 16.2. The highest BCUT2D eigenvalue weighted by molar-refractivity contribution is 5.90. The van der Waals surface area contributed by atoms with E-state index in [0.29, 0.717) is 11.5 Å². The summed E-state index contributed by atoms with van der Waals surface area (Å²) < 4.78 is 2.52. The van der Waals surface area contributed by atoms with E-state index in [9.17, 15) is 9.59 Å². The van der Waals surface area contributed by atoms with Crippen molar-refractivity contribution in [2.45, 2.75) is 33.2 Å². The fraction of sp³-hybridized carbons (Fsp3) is 0.400. The molecule has 146 valence electrons. The highest BCUT2D eigenvalue weighted by Gasteiger charge is 2.19. The van der Waals surface area contributed by atoms with E-state index in [0.717, 1.165) is 47.9 Å². The third kappa shape index (κ3) is 3.76. The van der Waals surface area contributed by atoms with Crippen molar-refractivity contribution in [1.82, 2.24) is 19.2 Å². The maximum atomic E-state index is 12.5. The molecule has 28 heavy (non-hydrogen) atoms. The number of nitrogens with one attached hydrogen (secondary N) is 1. The molecule has 8 heteroatoms. The van der Waals surface area contributed by atoms with Crippen LogP contribution >= 0.6 is 0 Å². The number of hydrogen-bond acceptors (Lipinski definition) is 5.